The monoisotopic (exact) mass is 302 g/mol. The highest BCUT2D eigenvalue weighted by molar-refractivity contribution is 5.79. The minimum Gasteiger partial charge on any atom is -0.378 e. The van der Waals surface area contributed by atoms with Gasteiger partial charge in [-0.1, -0.05) is 29.8 Å². The summed E-state index contributed by atoms with van der Waals surface area (Å²) in [6.45, 7) is 8.08. The second kappa shape index (κ2) is 7.25. The van der Waals surface area contributed by atoms with Crippen molar-refractivity contribution in [3.8, 4) is 0 Å². The quantitative estimate of drug-likeness (QED) is 0.857. The van der Waals surface area contributed by atoms with Crippen molar-refractivity contribution in [3.63, 3.8) is 0 Å². The van der Waals surface area contributed by atoms with Crippen LogP contribution in [-0.2, 0) is 16.1 Å². The summed E-state index contributed by atoms with van der Waals surface area (Å²) in [6.07, 6.45) is 1.98. The largest absolute Gasteiger partial charge is 0.378 e. The Bertz CT molecular complexity index is 486. The number of aryl methyl sites for hydroxylation is 1. The number of carbonyl (C=O) groups is 1. The first-order valence-corrected chi connectivity index (χ1v) is 8.37. The molecule has 1 amide bonds. The molecule has 0 unspecified atom stereocenters. The first-order valence-electron chi connectivity index (χ1n) is 8.37. The second-order valence-electron chi connectivity index (χ2n) is 6.47. The van der Waals surface area contributed by atoms with Crippen molar-refractivity contribution in [3.05, 3.63) is 35.4 Å². The minimum atomic E-state index is 0.215. The van der Waals surface area contributed by atoms with Crippen molar-refractivity contribution in [2.75, 3.05) is 39.4 Å². The lowest BCUT2D eigenvalue weighted by molar-refractivity contribution is -0.141. The lowest BCUT2D eigenvalue weighted by Gasteiger charge is -2.35. The number of carbonyl (C=O) groups excluding carboxylic acids is 1. The highest BCUT2D eigenvalue weighted by Crippen LogP contribution is 2.21. The number of nitrogens with zero attached hydrogens (tertiary/aromatic N) is 2. The molecule has 2 aliphatic rings. The van der Waals surface area contributed by atoms with E-state index in [1.54, 1.807) is 0 Å². The molecule has 2 heterocycles. The van der Waals surface area contributed by atoms with E-state index in [-0.39, 0.29) is 5.92 Å². The van der Waals surface area contributed by atoms with Crippen LogP contribution in [0.1, 0.15) is 24.0 Å². The Labute approximate surface area is 133 Å². The third kappa shape index (κ3) is 3.87. The standard InChI is InChI=1S/C18H26N2O2/c1-15-2-4-16(5-3-15)14-19-8-6-17(7-9-19)18(21)20-10-12-22-13-11-20/h2-5,17H,6-14H2,1H3. The molecular weight excluding hydrogens is 276 g/mol. The van der Waals surface area contributed by atoms with E-state index in [2.05, 4.69) is 36.1 Å². The zero-order chi connectivity index (χ0) is 15.4. The molecule has 2 fully saturated rings. The highest BCUT2D eigenvalue weighted by atomic mass is 16.5. The molecule has 0 radical (unpaired) electrons. The summed E-state index contributed by atoms with van der Waals surface area (Å²) in [7, 11) is 0. The molecule has 0 bridgehead atoms. The van der Waals surface area contributed by atoms with Crippen LogP contribution in [0.25, 0.3) is 0 Å². The Morgan fingerprint density at radius 1 is 1.09 bits per heavy atom. The fourth-order valence-corrected chi connectivity index (χ4v) is 3.33. The van der Waals surface area contributed by atoms with Crippen LogP contribution in [-0.4, -0.2) is 55.1 Å². The molecule has 2 aliphatic heterocycles. The molecule has 22 heavy (non-hydrogen) atoms. The van der Waals surface area contributed by atoms with E-state index in [9.17, 15) is 4.79 Å². The number of likely N-dealkylation sites (tertiary alicyclic amines) is 1. The molecule has 0 spiro atoms. The van der Waals surface area contributed by atoms with Crippen LogP contribution in [0, 0.1) is 12.8 Å². The van der Waals surface area contributed by atoms with Crippen molar-refractivity contribution in [1.29, 1.82) is 0 Å². The maximum absolute atomic E-state index is 12.5. The first kappa shape index (κ1) is 15.5. The highest BCUT2D eigenvalue weighted by Gasteiger charge is 2.29. The zero-order valence-corrected chi connectivity index (χ0v) is 13.5. The number of amides is 1. The Hall–Kier alpha value is -1.39. The lowest BCUT2D eigenvalue weighted by atomic mass is 9.94. The third-order valence-corrected chi connectivity index (χ3v) is 4.79. The average Bonchev–Trinajstić information content (AvgIpc) is 2.58. The van der Waals surface area contributed by atoms with Crippen LogP contribution in [0.5, 0.6) is 0 Å². The SMILES string of the molecule is Cc1ccc(CN2CCC(C(=O)N3CCOCC3)CC2)cc1. The number of ether oxygens (including phenoxy) is 1. The van der Waals surface area contributed by atoms with Crippen molar-refractivity contribution in [2.24, 2.45) is 5.92 Å². The molecular formula is C18H26N2O2. The van der Waals surface area contributed by atoms with E-state index in [1.807, 2.05) is 4.90 Å². The fraction of sp³-hybridized carbons (Fsp3) is 0.611. The van der Waals surface area contributed by atoms with Crippen molar-refractivity contribution in [2.45, 2.75) is 26.3 Å². The van der Waals surface area contributed by atoms with E-state index in [1.165, 1.54) is 11.1 Å². The van der Waals surface area contributed by atoms with Crippen molar-refractivity contribution < 1.29 is 9.53 Å². The van der Waals surface area contributed by atoms with E-state index in [0.29, 0.717) is 19.1 Å². The molecule has 1 aromatic rings. The molecule has 2 saturated heterocycles. The van der Waals surface area contributed by atoms with Crippen LogP contribution >= 0.6 is 0 Å². The maximum Gasteiger partial charge on any atom is 0.225 e. The lowest BCUT2D eigenvalue weighted by Crippen LogP contribution is -2.46. The Kier molecular flexibility index (Phi) is 5.11. The predicted molar refractivity (Wildman–Crippen MR) is 86.6 cm³/mol. The van der Waals surface area contributed by atoms with Crippen molar-refractivity contribution in [1.82, 2.24) is 9.80 Å². The van der Waals surface area contributed by atoms with Gasteiger partial charge < -0.3 is 9.64 Å². The molecule has 3 rings (SSSR count). The van der Waals surface area contributed by atoms with Gasteiger partial charge in [0.05, 0.1) is 13.2 Å². The van der Waals surface area contributed by atoms with Gasteiger partial charge in [-0.15, -0.1) is 0 Å². The van der Waals surface area contributed by atoms with E-state index in [4.69, 9.17) is 4.74 Å². The maximum atomic E-state index is 12.5. The molecule has 4 nitrogen and oxygen atoms in total. The van der Waals surface area contributed by atoms with Crippen LogP contribution in [0.2, 0.25) is 0 Å². The molecule has 0 N–H and O–H groups in total. The Morgan fingerprint density at radius 3 is 2.36 bits per heavy atom. The van der Waals surface area contributed by atoms with Crippen LogP contribution in [0.3, 0.4) is 0 Å². The molecule has 0 atom stereocenters. The summed E-state index contributed by atoms with van der Waals surface area (Å²) < 4.78 is 5.33. The normalized spacial score (nSPS) is 21.0. The average molecular weight is 302 g/mol. The molecule has 0 saturated carbocycles. The van der Waals surface area contributed by atoms with E-state index < -0.39 is 0 Å². The Morgan fingerprint density at radius 2 is 1.73 bits per heavy atom. The molecule has 0 aliphatic carbocycles. The number of piperidine rings is 1. The summed E-state index contributed by atoms with van der Waals surface area (Å²) in [5.41, 5.74) is 2.67. The smallest absolute Gasteiger partial charge is 0.225 e. The van der Waals surface area contributed by atoms with Gasteiger partial charge >= 0.3 is 0 Å². The summed E-state index contributed by atoms with van der Waals surface area (Å²) >= 11 is 0. The van der Waals surface area contributed by atoms with Crippen molar-refractivity contribution >= 4 is 5.91 Å². The second-order valence-corrected chi connectivity index (χ2v) is 6.47. The molecule has 0 aromatic heterocycles. The van der Waals surface area contributed by atoms with Gasteiger partial charge in [0.1, 0.15) is 0 Å². The van der Waals surface area contributed by atoms with Gasteiger partial charge in [-0.2, -0.15) is 0 Å². The fourth-order valence-electron chi connectivity index (χ4n) is 3.33. The van der Waals surface area contributed by atoms with Crippen LogP contribution < -0.4 is 0 Å². The number of hydrogen-bond donors (Lipinski definition) is 0. The van der Waals surface area contributed by atoms with Crippen LogP contribution in [0.4, 0.5) is 0 Å². The van der Waals surface area contributed by atoms with E-state index in [0.717, 1.165) is 45.6 Å². The number of benzene rings is 1. The number of rotatable bonds is 3. The molecule has 4 heteroatoms. The van der Waals surface area contributed by atoms with Gasteiger partial charge in [0.2, 0.25) is 5.91 Å². The summed E-state index contributed by atoms with van der Waals surface area (Å²) in [4.78, 5) is 17.0. The Balaban J connectivity index is 1.47. The number of morpholine rings is 1. The predicted octanol–water partition coefficient (Wildman–Crippen LogP) is 2.07. The first-order chi connectivity index (χ1) is 10.7. The minimum absolute atomic E-state index is 0.215. The molecule has 120 valence electrons. The molecule has 1 aromatic carbocycles. The van der Waals surface area contributed by atoms with Gasteiger partial charge in [0.25, 0.3) is 0 Å². The van der Waals surface area contributed by atoms with Gasteiger partial charge in [0.15, 0.2) is 0 Å². The van der Waals surface area contributed by atoms with Gasteiger partial charge in [-0.3, -0.25) is 9.69 Å². The summed E-state index contributed by atoms with van der Waals surface area (Å²) in [5, 5.41) is 0. The topological polar surface area (TPSA) is 32.8 Å². The van der Waals surface area contributed by atoms with Crippen LogP contribution in [0.15, 0.2) is 24.3 Å². The van der Waals surface area contributed by atoms with Gasteiger partial charge in [-0.05, 0) is 38.4 Å². The van der Waals surface area contributed by atoms with Gasteiger partial charge in [-0.25, -0.2) is 0 Å². The summed E-state index contributed by atoms with van der Waals surface area (Å²) in [6, 6.07) is 8.76. The van der Waals surface area contributed by atoms with Gasteiger partial charge in [0, 0.05) is 25.6 Å². The van der Waals surface area contributed by atoms with E-state index >= 15 is 0 Å². The number of hydrogen-bond acceptors (Lipinski definition) is 3. The third-order valence-electron chi connectivity index (χ3n) is 4.79. The zero-order valence-electron chi connectivity index (χ0n) is 13.5. The summed E-state index contributed by atoms with van der Waals surface area (Å²) in [5.74, 6) is 0.561.